The summed E-state index contributed by atoms with van der Waals surface area (Å²) in [5, 5.41) is 2.03. The lowest BCUT2D eigenvalue weighted by atomic mass is 10.5. The summed E-state index contributed by atoms with van der Waals surface area (Å²) in [6.45, 7) is 3.20. The standard InChI is InChI=1S/C7H11N5O/c1-3-13-4-2-12(1)11-7-9-5-8-6-10-7/h5-6H,1-4H2,(H,8,9,10,11). The molecule has 13 heavy (non-hydrogen) atoms. The van der Waals surface area contributed by atoms with Crippen LogP contribution in [0.5, 0.6) is 0 Å². The van der Waals surface area contributed by atoms with E-state index in [0.717, 1.165) is 26.3 Å². The molecule has 1 aliphatic rings. The summed E-state index contributed by atoms with van der Waals surface area (Å²) in [4.78, 5) is 11.6. The van der Waals surface area contributed by atoms with Crippen LogP contribution >= 0.6 is 0 Å². The fourth-order valence-electron chi connectivity index (χ4n) is 1.11. The van der Waals surface area contributed by atoms with E-state index < -0.39 is 0 Å². The van der Waals surface area contributed by atoms with Crippen LogP contribution in [0.3, 0.4) is 0 Å². The average Bonchev–Trinajstić information content (AvgIpc) is 2.21. The fraction of sp³-hybridized carbons (Fsp3) is 0.571. The first kappa shape index (κ1) is 8.33. The molecule has 2 rings (SSSR count). The Bertz CT molecular complexity index is 248. The van der Waals surface area contributed by atoms with Gasteiger partial charge < -0.3 is 4.74 Å². The lowest BCUT2D eigenvalue weighted by molar-refractivity contribution is 0.0492. The van der Waals surface area contributed by atoms with E-state index in [4.69, 9.17) is 4.74 Å². The number of hydrogen-bond acceptors (Lipinski definition) is 6. The molecule has 0 amide bonds. The van der Waals surface area contributed by atoms with Gasteiger partial charge in [-0.05, 0) is 0 Å². The maximum atomic E-state index is 5.20. The Morgan fingerprint density at radius 2 is 1.92 bits per heavy atom. The monoisotopic (exact) mass is 181 g/mol. The molecule has 1 aromatic rings. The molecular formula is C7H11N5O. The molecule has 1 N–H and O–H groups in total. The van der Waals surface area contributed by atoms with Crippen LogP contribution in [-0.2, 0) is 4.74 Å². The first-order valence-corrected chi connectivity index (χ1v) is 4.16. The van der Waals surface area contributed by atoms with Gasteiger partial charge in [-0.2, -0.15) is 0 Å². The second-order valence-corrected chi connectivity index (χ2v) is 2.67. The zero-order valence-electron chi connectivity index (χ0n) is 7.18. The smallest absolute Gasteiger partial charge is 0.240 e. The summed E-state index contributed by atoms with van der Waals surface area (Å²) in [6.07, 6.45) is 2.94. The Morgan fingerprint density at radius 3 is 2.62 bits per heavy atom. The predicted molar refractivity (Wildman–Crippen MR) is 45.8 cm³/mol. The molecular weight excluding hydrogens is 170 g/mol. The highest BCUT2D eigenvalue weighted by molar-refractivity contribution is 5.18. The molecule has 1 aliphatic heterocycles. The zero-order valence-corrected chi connectivity index (χ0v) is 7.18. The van der Waals surface area contributed by atoms with E-state index in [1.807, 2.05) is 5.01 Å². The maximum Gasteiger partial charge on any atom is 0.240 e. The predicted octanol–water partition coefficient (Wildman–Crippen LogP) is -0.469. The van der Waals surface area contributed by atoms with Gasteiger partial charge in [-0.3, -0.25) is 5.43 Å². The van der Waals surface area contributed by atoms with Gasteiger partial charge in [-0.25, -0.2) is 20.0 Å². The molecule has 6 heteroatoms. The number of morpholine rings is 1. The second-order valence-electron chi connectivity index (χ2n) is 2.67. The quantitative estimate of drug-likeness (QED) is 0.665. The van der Waals surface area contributed by atoms with Gasteiger partial charge in [0.15, 0.2) is 0 Å². The van der Waals surface area contributed by atoms with E-state index in [0.29, 0.717) is 5.95 Å². The van der Waals surface area contributed by atoms with Crippen LogP contribution in [0.4, 0.5) is 5.95 Å². The van der Waals surface area contributed by atoms with Crippen LogP contribution in [-0.4, -0.2) is 46.3 Å². The van der Waals surface area contributed by atoms with E-state index in [-0.39, 0.29) is 0 Å². The van der Waals surface area contributed by atoms with Crippen molar-refractivity contribution >= 4 is 5.95 Å². The Balaban J connectivity index is 1.90. The lowest BCUT2D eigenvalue weighted by Crippen LogP contribution is -2.40. The molecule has 0 aromatic carbocycles. The summed E-state index contributed by atoms with van der Waals surface area (Å²) in [7, 11) is 0. The molecule has 1 aromatic heterocycles. The van der Waals surface area contributed by atoms with E-state index in [2.05, 4.69) is 20.4 Å². The number of nitrogens with one attached hydrogen (secondary N) is 1. The van der Waals surface area contributed by atoms with Crippen molar-refractivity contribution in [2.75, 3.05) is 31.7 Å². The molecule has 0 radical (unpaired) electrons. The molecule has 0 bridgehead atoms. The average molecular weight is 181 g/mol. The Hall–Kier alpha value is -1.27. The van der Waals surface area contributed by atoms with Crippen molar-refractivity contribution in [1.29, 1.82) is 0 Å². The van der Waals surface area contributed by atoms with Gasteiger partial charge in [0.1, 0.15) is 12.7 Å². The highest BCUT2D eigenvalue weighted by atomic mass is 16.5. The fourth-order valence-corrected chi connectivity index (χ4v) is 1.11. The minimum absolute atomic E-state index is 0.580. The third-order valence-electron chi connectivity index (χ3n) is 1.76. The third kappa shape index (κ3) is 2.33. The van der Waals surface area contributed by atoms with Gasteiger partial charge in [0.25, 0.3) is 0 Å². The van der Waals surface area contributed by atoms with Crippen LogP contribution in [0, 0.1) is 0 Å². The Kier molecular flexibility index (Phi) is 2.63. The highest BCUT2D eigenvalue weighted by Gasteiger charge is 2.10. The summed E-state index contributed by atoms with van der Waals surface area (Å²) < 4.78 is 5.20. The van der Waals surface area contributed by atoms with Crippen molar-refractivity contribution in [3.8, 4) is 0 Å². The Labute approximate surface area is 75.9 Å². The van der Waals surface area contributed by atoms with Gasteiger partial charge in [0, 0.05) is 13.1 Å². The van der Waals surface area contributed by atoms with Crippen LogP contribution in [0.25, 0.3) is 0 Å². The van der Waals surface area contributed by atoms with Gasteiger partial charge in [-0.15, -0.1) is 0 Å². The van der Waals surface area contributed by atoms with Crippen LogP contribution in [0.1, 0.15) is 0 Å². The van der Waals surface area contributed by atoms with E-state index in [9.17, 15) is 0 Å². The van der Waals surface area contributed by atoms with E-state index >= 15 is 0 Å². The SMILES string of the molecule is c1ncnc(NN2CCOCC2)n1. The van der Waals surface area contributed by atoms with Crippen molar-refractivity contribution in [2.24, 2.45) is 0 Å². The Morgan fingerprint density at radius 1 is 1.23 bits per heavy atom. The minimum atomic E-state index is 0.580. The van der Waals surface area contributed by atoms with E-state index in [1.165, 1.54) is 12.7 Å². The molecule has 0 aliphatic carbocycles. The minimum Gasteiger partial charge on any atom is -0.379 e. The first-order chi connectivity index (χ1) is 6.45. The van der Waals surface area contributed by atoms with Crippen LogP contribution in [0.2, 0.25) is 0 Å². The molecule has 0 unspecified atom stereocenters. The first-order valence-electron chi connectivity index (χ1n) is 4.16. The van der Waals surface area contributed by atoms with Crippen LogP contribution < -0.4 is 5.43 Å². The molecule has 0 saturated carbocycles. The topological polar surface area (TPSA) is 63.2 Å². The largest absolute Gasteiger partial charge is 0.379 e. The van der Waals surface area contributed by atoms with Crippen LogP contribution in [0.15, 0.2) is 12.7 Å². The molecule has 1 saturated heterocycles. The number of ether oxygens (including phenoxy) is 1. The van der Waals surface area contributed by atoms with Gasteiger partial charge in [-0.1, -0.05) is 0 Å². The van der Waals surface area contributed by atoms with Gasteiger partial charge >= 0.3 is 0 Å². The highest BCUT2D eigenvalue weighted by Crippen LogP contribution is 1.99. The molecule has 70 valence electrons. The van der Waals surface area contributed by atoms with Crippen molar-refractivity contribution in [3.05, 3.63) is 12.7 Å². The van der Waals surface area contributed by atoms with Crippen molar-refractivity contribution < 1.29 is 4.74 Å². The summed E-state index contributed by atoms with van der Waals surface area (Å²) in [6, 6.07) is 0. The number of rotatable bonds is 2. The normalized spacial score (nSPS) is 18.5. The van der Waals surface area contributed by atoms with Gasteiger partial charge in [0.2, 0.25) is 5.95 Å². The number of hydrazine groups is 1. The second kappa shape index (κ2) is 4.11. The zero-order chi connectivity index (χ0) is 8.93. The summed E-state index contributed by atoms with van der Waals surface area (Å²) >= 11 is 0. The van der Waals surface area contributed by atoms with Crippen molar-refractivity contribution in [1.82, 2.24) is 20.0 Å². The third-order valence-corrected chi connectivity index (χ3v) is 1.76. The lowest BCUT2D eigenvalue weighted by Gasteiger charge is -2.26. The molecule has 2 heterocycles. The van der Waals surface area contributed by atoms with E-state index in [1.54, 1.807) is 0 Å². The molecule has 0 spiro atoms. The molecule has 0 atom stereocenters. The summed E-state index contributed by atoms with van der Waals surface area (Å²) in [5.41, 5.74) is 3.07. The summed E-state index contributed by atoms with van der Waals surface area (Å²) in [5.74, 6) is 0.580. The maximum absolute atomic E-state index is 5.20. The van der Waals surface area contributed by atoms with Crippen molar-refractivity contribution in [3.63, 3.8) is 0 Å². The van der Waals surface area contributed by atoms with Gasteiger partial charge in [0.05, 0.1) is 13.2 Å². The number of anilines is 1. The van der Waals surface area contributed by atoms with Crippen molar-refractivity contribution in [2.45, 2.75) is 0 Å². The number of aromatic nitrogens is 3. The molecule has 1 fully saturated rings. The number of hydrogen-bond donors (Lipinski definition) is 1. The number of nitrogens with zero attached hydrogens (tertiary/aromatic N) is 4. The molecule has 6 nitrogen and oxygen atoms in total.